The van der Waals surface area contributed by atoms with Crippen molar-refractivity contribution >= 4 is 5.91 Å². The van der Waals surface area contributed by atoms with E-state index in [2.05, 4.69) is 10.2 Å². The maximum absolute atomic E-state index is 11.5. The highest BCUT2D eigenvalue weighted by Gasteiger charge is 2.39. The van der Waals surface area contributed by atoms with Gasteiger partial charge in [-0.3, -0.25) is 9.69 Å². The number of nitrogens with zero attached hydrogens (tertiary/aromatic N) is 1. The molecule has 2 aliphatic rings. The molecule has 15 heavy (non-hydrogen) atoms. The van der Waals surface area contributed by atoms with Gasteiger partial charge in [-0.25, -0.2) is 0 Å². The largest absolute Gasteiger partial charge is 0.355 e. The summed E-state index contributed by atoms with van der Waals surface area (Å²) in [7, 11) is 0. The molecule has 86 valence electrons. The molecular weight excluding hydrogens is 190 g/mol. The monoisotopic (exact) mass is 211 g/mol. The van der Waals surface area contributed by atoms with E-state index in [0.29, 0.717) is 24.7 Å². The molecule has 1 amide bonds. The summed E-state index contributed by atoms with van der Waals surface area (Å²) >= 11 is 0. The fourth-order valence-corrected chi connectivity index (χ4v) is 2.99. The molecule has 0 saturated carbocycles. The molecule has 2 fully saturated rings. The number of nitrogens with two attached hydrogens (primary N) is 1. The van der Waals surface area contributed by atoms with Crippen LogP contribution in [0.1, 0.15) is 32.6 Å². The van der Waals surface area contributed by atoms with Crippen LogP contribution in [-0.4, -0.2) is 42.0 Å². The third-order valence-electron chi connectivity index (χ3n) is 3.62. The SMILES string of the molecule is CCNC(=O)CN1C2CCC1CC(N)C2. The van der Waals surface area contributed by atoms with Crippen LogP contribution in [0.25, 0.3) is 0 Å². The Morgan fingerprint density at radius 1 is 1.40 bits per heavy atom. The number of fused-ring (bicyclic) bond motifs is 2. The van der Waals surface area contributed by atoms with E-state index in [9.17, 15) is 4.79 Å². The Kier molecular flexibility index (Phi) is 3.26. The van der Waals surface area contributed by atoms with Crippen molar-refractivity contribution in [3.05, 3.63) is 0 Å². The van der Waals surface area contributed by atoms with Gasteiger partial charge in [0.15, 0.2) is 0 Å². The van der Waals surface area contributed by atoms with Crippen LogP contribution in [0.2, 0.25) is 0 Å². The van der Waals surface area contributed by atoms with Crippen molar-refractivity contribution < 1.29 is 4.79 Å². The molecule has 4 heteroatoms. The molecule has 0 aromatic heterocycles. The lowest BCUT2D eigenvalue weighted by molar-refractivity contribution is -0.123. The maximum Gasteiger partial charge on any atom is 0.234 e. The predicted molar refractivity (Wildman–Crippen MR) is 59.4 cm³/mol. The zero-order valence-electron chi connectivity index (χ0n) is 9.41. The van der Waals surface area contributed by atoms with Gasteiger partial charge in [-0.15, -0.1) is 0 Å². The number of carbonyl (C=O) groups excluding carboxylic acids is 1. The molecule has 0 spiro atoms. The summed E-state index contributed by atoms with van der Waals surface area (Å²) in [5, 5.41) is 2.86. The van der Waals surface area contributed by atoms with Crippen LogP contribution < -0.4 is 11.1 Å². The maximum atomic E-state index is 11.5. The van der Waals surface area contributed by atoms with Crippen molar-refractivity contribution in [3.8, 4) is 0 Å². The number of hydrogen-bond acceptors (Lipinski definition) is 3. The highest BCUT2D eigenvalue weighted by Crippen LogP contribution is 2.34. The Morgan fingerprint density at radius 2 is 2.00 bits per heavy atom. The van der Waals surface area contributed by atoms with Crippen molar-refractivity contribution in [1.82, 2.24) is 10.2 Å². The van der Waals surface area contributed by atoms with Crippen molar-refractivity contribution in [2.24, 2.45) is 5.73 Å². The average Bonchev–Trinajstić information content (AvgIpc) is 2.44. The van der Waals surface area contributed by atoms with Gasteiger partial charge in [0, 0.05) is 24.7 Å². The molecule has 2 aliphatic heterocycles. The van der Waals surface area contributed by atoms with Crippen molar-refractivity contribution in [2.75, 3.05) is 13.1 Å². The first-order chi connectivity index (χ1) is 7.20. The second-order valence-corrected chi connectivity index (χ2v) is 4.74. The van der Waals surface area contributed by atoms with Crippen LogP contribution in [0.3, 0.4) is 0 Å². The quantitative estimate of drug-likeness (QED) is 0.695. The fourth-order valence-electron chi connectivity index (χ4n) is 2.99. The van der Waals surface area contributed by atoms with E-state index in [-0.39, 0.29) is 5.91 Å². The third kappa shape index (κ3) is 2.32. The number of hydrogen-bond donors (Lipinski definition) is 2. The second-order valence-electron chi connectivity index (χ2n) is 4.74. The van der Waals surface area contributed by atoms with Crippen LogP contribution in [0.5, 0.6) is 0 Å². The minimum Gasteiger partial charge on any atom is -0.355 e. The molecule has 0 aromatic rings. The van der Waals surface area contributed by atoms with Crippen molar-refractivity contribution in [2.45, 2.75) is 50.7 Å². The van der Waals surface area contributed by atoms with E-state index in [0.717, 1.165) is 19.4 Å². The first-order valence-corrected chi connectivity index (χ1v) is 5.98. The predicted octanol–water partition coefficient (Wildman–Crippen LogP) is 0.0766. The van der Waals surface area contributed by atoms with E-state index < -0.39 is 0 Å². The molecule has 2 saturated heterocycles. The Labute approximate surface area is 91.2 Å². The Hall–Kier alpha value is -0.610. The van der Waals surface area contributed by atoms with Gasteiger partial charge < -0.3 is 11.1 Å². The highest BCUT2D eigenvalue weighted by atomic mass is 16.2. The van der Waals surface area contributed by atoms with Gasteiger partial charge >= 0.3 is 0 Å². The average molecular weight is 211 g/mol. The number of amides is 1. The first kappa shape index (κ1) is 10.9. The van der Waals surface area contributed by atoms with Crippen LogP contribution in [-0.2, 0) is 4.79 Å². The molecule has 2 heterocycles. The van der Waals surface area contributed by atoms with E-state index in [1.54, 1.807) is 0 Å². The van der Waals surface area contributed by atoms with Gasteiger partial charge in [0.2, 0.25) is 5.91 Å². The molecular formula is C11H21N3O. The van der Waals surface area contributed by atoms with Gasteiger partial charge in [0.1, 0.15) is 0 Å². The number of rotatable bonds is 3. The lowest BCUT2D eigenvalue weighted by atomic mass is 9.98. The topological polar surface area (TPSA) is 58.4 Å². The third-order valence-corrected chi connectivity index (χ3v) is 3.62. The van der Waals surface area contributed by atoms with Gasteiger partial charge in [-0.1, -0.05) is 0 Å². The van der Waals surface area contributed by atoms with E-state index in [4.69, 9.17) is 5.73 Å². The number of nitrogens with one attached hydrogen (secondary N) is 1. The minimum absolute atomic E-state index is 0.157. The van der Waals surface area contributed by atoms with Crippen LogP contribution in [0, 0.1) is 0 Å². The van der Waals surface area contributed by atoms with Gasteiger partial charge in [0.25, 0.3) is 0 Å². The van der Waals surface area contributed by atoms with Crippen LogP contribution >= 0.6 is 0 Å². The summed E-state index contributed by atoms with van der Waals surface area (Å²) in [6, 6.07) is 1.47. The minimum atomic E-state index is 0.157. The highest BCUT2D eigenvalue weighted by molar-refractivity contribution is 5.78. The molecule has 2 atom stereocenters. The molecule has 2 rings (SSSR count). The summed E-state index contributed by atoms with van der Waals surface area (Å²) in [5.74, 6) is 0.157. The normalized spacial score (nSPS) is 35.5. The summed E-state index contributed by atoms with van der Waals surface area (Å²) < 4.78 is 0. The van der Waals surface area contributed by atoms with Gasteiger partial charge in [0.05, 0.1) is 6.54 Å². The molecule has 2 bridgehead atoms. The number of carbonyl (C=O) groups is 1. The zero-order valence-corrected chi connectivity index (χ0v) is 9.41. The van der Waals surface area contributed by atoms with Crippen LogP contribution in [0.4, 0.5) is 0 Å². The van der Waals surface area contributed by atoms with E-state index in [1.807, 2.05) is 6.92 Å². The van der Waals surface area contributed by atoms with Crippen molar-refractivity contribution in [1.29, 1.82) is 0 Å². The number of likely N-dealkylation sites (N-methyl/N-ethyl adjacent to an activating group) is 1. The van der Waals surface area contributed by atoms with Gasteiger partial charge in [-0.05, 0) is 32.6 Å². The summed E-state index contributed by atoms with van der Waals surface area (Å²) in [6.07, 6.45) is 4.57. The van der Waals surface area contributed by atoms with Crippen LogP contribution in [0.15, 0.2) is 0 Å². The summed E-state index contributed by atoms with van der Waals surface area (Å²) in [5.41, 5.74) is 5.98. The summed E-state index contributed by atoms with van der Waals surface area (Å²) in [4.78, 5) is 13.9. The number of piperidine rings is 1. The molecule has 0 aliphatic carbocycles. The Balaban J connectivity index is 1.91. The van der Waals surface area contributed by atoms with Crippen molar-refractivity contribution in [3.63, 3.8) is 0 Å². The molecule has 0 radical (unpaired) electrons. The first-order valence-electron chi connectivity index (χ1n) is 5.98. The summed E-state index contributed by atoms with van der Waals surface area (Å²) in [6.45, 7) is 3.25. The Morgan fingerprint density at radius 3 is 2.53 bits per heavy atom. The standard InChI is InChI=1S/C11H21N3O/c1-2-13-11(15)7-14-9-3-4-10(14)6-8(12)5-9/h8-10H,2-7,12H2,1H3,(H,13,15). The second kappa shape index (κ2) is 4.49. The molecule has 4 nitrogen and oxygen atoms in total. The van der Waals surface area contributed by atoms with E-state index >= 15 is 0 Å². The smallest absolute Gasteiger partial charge is 0.234 e. The lowest BCUT2D eigenvalue weighted by Crippen LogP contribution is -2.50. The molecule has 3 N–H and O–H groups in total. The zero-order chi connectivity index (χ0) is 10.8. The van der Waals surface area contributed by atoms with E-state index in [1.165, 1.54) is 12.8 Å². The molecule has 0 aromatic carbocycles. The molecule has 2 unspecified atom stereocenters. The Bertz CT molecular complexity index is 230. The van der Waals surface area contributed by atoms with Gasteiger partial charge in [-0.2, -0.15) is 0 Å². The fraction of sp³-hybridized carbons (Fsp3) is 0.909. The lowest BCUT2D eigenvalue weighted by Gasteiger charge is -2.37.